The van der Waals surface area contributed by atoms with Gasteiger partial charge >= 0.3 is 0 Å². The number of nitrogens with zero attached hydrogens (tertiary/aromatic N) is 2. The lowest BCUT2D eigenvalue weighted by Gasteiger charge is -2.15. The Morgan fingerprint density at radius 2 is 1.95 bits per heavy atom. The molecular weight excluding hydrogens is 310 g/mol. The Balaban J connectivity index is 0.000000186. The van der Waals surface area contributed by atoms with Crippen LogP contribution in [0.2, 0.25) is 0 Å². The van der Waals surface area contributed by atoms with Gasteiger partial charge < -0.3 is 16.4 Å². The summed E-state index contributed by atoms with van der Waals surface area (Å²) in [6.45, 7) is 4.19. The third-order valence-corrected chi connectivity index (χ3v) is 3.76. The van der Waals surface area contributed by atoms with E-state index in [1.807, 2.05) is 0 Å². The van der Waals surface area contributed by atoms with Gasteiger partial charge in [-0.25, -0.2) is 4.68 Å². The highest BCUT2D eigenvalue weighted by molar-refractivity contribution is 9.10. The van der Waals surface area contributed by atoms with Gasteiger partial charge in [0.2, 0.25) is 0 Å². The second-order valence-electron chi connectivity index (χ2n) is 4.69. The van der Waals surface area contributed by atoms with E-state index in [0.29, 0.717) is 10.2 Å². The number of rotatable bonds is 1. The molecule has 0 spiro atoms. The van der Waals surface area contributed by atoms with Gasteiger partial charge in [-0.2, -0.15) is 5.10 Å². The van der Waals surface area contributed by atoms with Gasteiger partial charge in [-0.15, -0.1) is 0 Å². The minimum Gasteiger partial charge on any atom is -0.370 e. The van der Waals surface area contributed by atoms with Crippen LogP contribution in [0.25, 0.3) is 0 Å². The van der Waals surface area contributed by atoms with Gasteiger partial charge in [-0.05, 0) is 48.3 Å². The molecule has 6 nitrogen and oxygen atoms in total. The van der Waals surface area contributed by atoms with Gasteiger partial charge in [0.15, 0.2) is 0 Å². The van der Waals surface area contributed by atoms with Gasteiger partial charge in [0, 0.05) is 13.1 Å². The average molecular weight is 330 g/mol. The molecule has 0 aromatic carbocycles. The molecule has 1 aromatic rings. The van der Waals surface area contributed by atoms with E-state index in [2.05, 4.69) is 31.7 Å². The first-order valence-electron chi connectivity index (χ1n) is 6.71. The van der Waals surface area contributed by atoms with E-state index >= 15 is 0 Å². The summed E-state index contributed by atoms with van der Waals surface area (Å²) < 4.78 is 2.28. The van der Waals surface area contributed by atoms with E-state index in [1.165, 1.54) is 32.4 Å². The number of aryl methyl sites for hydroxylation is 1. The second kappa shape index (κ2) is 6.91. The summed E-state index contributed by atoms with van der Waals surface area (Å²) in [5, 5.41) is 10.5. The van der Waals surface area contributed by atoms with Crippen molar-refractivity contribution >= 4 is 27.7 Å². The first-order chi connectivity index (χ1) is 9.20. The fourth-order valence-corrected chi connectivity index (χ4v) is 2.80. The molecule has 0 aliphatic carbocycles. The summed E-state index contributed by atoms with van der Waals surface area (Å²) in [6.07, 6.45) is 5.23. The van der Waals surface area contributed by atoms with Crippen LogP contribution in [0.1, 0.15) is 36.0 Å². The molecule has 0 radical (unpaired) electrons. The molecule has 0 saturated carbocycles. The largest absolute Gasteiger partial charge is 0.370 e. The number of nitrogens with two attached hydrogens (primary N) is 1. The maximum Gasteiger partial charge on any atom is 0.255 e. The molecular formula is C12H20BrN5O. The number of fused-ring (bicyclic) bond motifs is 1. The zero-order chi connectivity index (χ0) is 13.7. The molecule has 1 amide bonds. The Hall–Kier alpha value is -1.08. The number of primary amides is 1. The number of carbonyl (C=O) groups excluding carboxylic acids is 1. The molecule has 3 rings (SSSR count). The maximum absolute atomic E-state index is 11.1. The van der Waals surface area contributed by atoms with Crippen LogP contribution >= 0.6 is 15.9 Å². The van der Waals surface area contributed by atoms with Gasteiger partial charge in [-0.3, -0.25) is 4.79 Å². The van der Waals surface area contributed by atoms with Crippen LogP contribution < -0.4 is 16.4 Å². The highest BCUT2D eigenvalue weighted by Gasteiger charge is 2.22. The van der Waals surface area contributed by atoms with Crippen LogP contribution in [0.5, 0.6) is 0 Å². The number of amides is 1. The number of hydrogen-bond acceptors (Lipinski definition) is 4. The molecule has 0 unspecified atom stereocenters. The Morgan fingerprint density at radius 1 is 1.21 bits per heavy atom. The van der Waals surface area contributed by atoms with Crippen molar-refractivity contribution in [2.75, 3.05) is 25.0 Å². The molecule has 106 valence electrons. The number of carbonyl (C=O) groups is 1. The lowest BCUT2D eigenvalue weighted by atomic mass is 10.2. The minimum absolute atomic E-state index is 0.444. The summed E-state index contributed by atoms with van der Waals surface area (Å²) in [5.41, 5.74) is 5.67. The summed E-state index contributed by atoms with van der Waals surface area (Å²) in [6, 6.07) is 0. The van der Waals surface area contributed by atoms with Crippen LogP contribution in [-0.4, -0.2) is 35.3 Å². The molecule has 1 saturated heterocycles. The topological polar surface area (TPSA) is 85.0 Å². The monoisotopic (exact) mass is 329 g/mol. The van der Waals surface area contributed by atoms with Crippen LogP contribution in [0.3, 0.4) is 0 Å². The number of hydrogen-bond donors (Lipinski definition) is 3. The third kappa shape index (κ3) is 3.70. The normalized spacial score (nSPS) is 17.7. The van der Waals surface area contributed by atoms with Crippen molar-refractivity contribution in [2.45, 2.75) is 32.2 Å². The molecule has 7 heteroatoms. The fraction of sp³-hybridized carbons (Fsp3) is 0.667. The number of halogens is 1. The average Bonchev–Trinajstić information content (AvgIpc) is 2.77. The number of piperidine rings is 1. The minimum atomic E-state index is -0.456. The lowest BCUT2D eigenvalue weighted by molar-refractivity contribution is 0.1000. The van der Waals surface area contributed by atoms with Crippen LogP contribution in [-0.2, 0) is 6.54 Å². The third-order valence-electron chi connectivity index (χ3n) is 3.20. The first kappa shape index (κ1) is 14.3. The van der Waals surface area contributed by atoms with Crippen molar-refractivity contribution in [3.05, 3.63) is 10.2 Å². The van der Waals surface area contributed by atoms with E-state index in [1.54, 1.807) is 4.68 Å². The van der Waals surface area contributed by atoms with E-state index in [9.17, 15) is 4.79 Å². The molecule has 1 fully saturated rings. The zero-order valence-corrected chi connectivity index (χ0v) is 12.5. The zero-order valence-electron chi connectivity index (χ0n) is 10.9. The summed E-state index contributed by atoms with van der Waals surface area (Å²) in [5.74, 6) is 0.271. The molecule has 4 N–H and O–H groups in total. The highest BCUT2D eigenvalue weighted by Crippen LogP contribution is 2.26. The van der Waals surface area contributed by atoms with Crippen molar-refractivity contribution in [1.29, 1.82) is 0 Å². The predicted octanol–water partition coefficient (Wildman–Crippen LogP) is 1.32. The Kier molecular flexibility index (Phi) is 5.21. The number of aromatic nitrogens is 2. The summed E-state index contributed by atoms with van der Waals surface area (Å²) in [7, 11) is 0. The maximum atomic E-state index is 11.1. The Bertz CT molecular complexity index is 430. The number of anilines is 1. The molecule has 2 aliphatic rings. The van der Waals surface area contributed by atoms with Crippen molar-refractivity contribution in [3.8, 4) is 0 Å². The van der Waals surface area contributed by atoms with Crippen LogP contribution in [0.15, 0.2) is 4.60 Å². The molecule has 1 aromatic heterocycles. The molecule has 19 heavy (non-hydrogen) atoms. The van der Waals surface area contributed by atoms with E-state index in [4.69, 9.17) is 5.73 Å². The van der Waals surface area contributed by atoms with Gasteiger partial charge in [0.05, 0.1) is 0 Å². The van der Waals surface area contributed by atoms with E-state index in [0.717, 1.165) is 25.3 Å². The molecule has 0 atom stereocenters. The second-order valence-corrected chi connectivity index (χ2v) is 5.44. The molecule has 2 aliphatic heterocycles. The van der Waals surface area contributed by atoms with Crippen molar-refractivity contribution in [2.24, 2.45) is 5.73 Å². The first-order valence-corrected chi connectivity index (χ1v) is 7.50. The van der Waals surface area contributed by atoms with Gasteiger partial charge in [0.25, 0.3) is 5.91 Å². The smallest absolute Gasteiger partial charge is 0.255 e. The molecule has 0 bridgehead atoms. The van der Waals surface area contributed by atoms with Gasteiger partial charge in [0.1, 0.15) is 16.0 Å². The van der Waals surface area contributed by atoms with Crippen molar-refractivity contribution < 1.29 is 4.79 Å². The van der Waals surface area contributed by atoms with Crippen LogP contribution in [0, 0.1) is 0 Å². The summed E-state index contributed by atoms with van der Waals surface area (Å²) in [4.78, 5) is 11.1. The summed E-state index contributed by atoms with van der Waals surface area (Å²) >= 11 is 3.21. The highest BCUT2D eigenvalue weighted by atomic mass is 79.9. The standard InChI is InChI=1S/C7H9BrN4O.C5H11N/c8-5-4(6(9)13)7-10-2-1-3-12(7)11-5;1-2-4-6-5-3-1/h10H,1-3H2,(H2,9,13);6H,1-5H2. The van der Waals surface area contributed by atoms with Gasteiger partial charge in [-0.1, -0.05) is 6.42 Å². The Labute approximate surface area is 121 Å². The van der Waals surface area contributed by atoms with Crippen LogP contribution in [0.4, 0.5) is 5.82 Å². The molecule has 3 heterocycles. The fourth-order valence-electron chi connectivity index (χ4n) is 2.23. The van der Waals surface area contributed by atoms with E-state index < -0.39 is 5.91 Å². The number of nitrogens with one attached hydrogen (secondary N) is 2. The van der Waals surface area contributed by atoms with E-state index in [-0.39, 0.29) is 0 Å². The van der Waals surface area contributed by atoms with Crippen molar-refractivity contribution in [1.82, 2.24) is 15.1 Å². The quantitative estimate of drug-likeness (QED) is 0.725. The Morgan fingerprint density at radius 3 is 2.47 bits per heavy atom. The predicted molar refractivity (Wildman–Crippen MR) is 78.3 cm³/mol. The SMILES string of the molecule is C1CCNCC1.NC(=O)c1c(Br)nn2c1NCCC2. The lowest BCUT2D eigenvalue weighted by Crippen LogP contribution is -2.21. The van der Waals surface area contributed by atoms with Crippen molar-refractivity contribution in [3.63, 3.8) is 0 Å².